The van der Waals surface area contributed by atoms with Crippen LogP contribution in [0.2, 0.25) is 0 Å². The quantitative estimate of drug-likeness (QED) is 0.791. The zero-order valence-electron chi connectivity index (χ0n) is 13.9. The smallest absolute Gasteiger partial charge is 0.237 e. The highest BCUT2D eigenvalue weighted by Gasteiger charge is 2.16. The van der Waals surface area contributed by atoms with E-state index in [0.717, 1.165) is 0 Å². The lowest BCUT2D eigenvalue weighted by atomic mass is 10.3. The zero-order valence-corrected chi connectivity index (χ0v) is 14.7. The van der Waals surface area contributed by atoms with Gasteiger partial charge in [0.2, 0.25) is 11.8 Å². The summed E-state index contributed by atoms with van der Waals surface area (Å²) in [4.78, 5) is 24.1. The molecule has 0 aliphatic heterocycles. The number of amides is 2. The molecule has 2 rings (SSSR count). The Morgan fingerprint density at radius 2 is 1.80 bits per heavy atom. The number of hydrogen-bond acceptors (Lipinski definition) is 4. The van der Waals surface area contributed by atoms with Crippen LogP contribution in [-0.2, 0) is 9.59 Å². The van der Waals surface area contributed by atoms with Crippen LogP contribution in [0.4, 0.5) is 15.8 Å². The normalized spacial score (nSPS) is 11.5. The van der Waals surface area contributed by atoms with E-state index in [9.17, 15) is 14.0 Å². The van der Waals surface area contributed by atoms with Gasteiger partial charge in [-0.3, -0.25) is 9.59 Å². The fourth-order valence-electron chi connectivity index (χ4n) is 1.99. The van der Waals surface area contributed by atoms with Crippen LogP contribution in [0, 0.1) is 5.82 Å². The summed E-state index contributed by atoms with van der Waals surface area (Å²) in [5.41, 5.74) is 1.09. The maximum Gasteiger partial charge on any atom is 0.237 e. The topological polar surface area (TPSA) is 67.4 Å². The summed E-state index contributed by atoms with van der Waals surface area (Å²) in [5, 5.41) is 5.00. The van der Waals surface area contributed by atoms with Gasteiger partial charge >= 0.3 is 0 Å². The van der Waals surface area contributed by atoms with Crippen LogP contribution in [0.15, 0.2) is 48.5 Å². The molecule has 2 amide bonds. The van der Waals surface area contributed by atoms with Gasteiger partial charge in [-0.1, -0.05) is 12.1 Å². The molecular formula is C18H19FN2O3S. The molecule has 0 spiro atoms. The Balaban J connectivity index is 1.82. The Labute approximate surface area is 150 Å². The molecule has 0 fully saturated rings. The van der Waals surface area contributed by atoms with Crippen molar-refractivity contribution >= 4 is 35.0 Å². The Morgan fingerprint density at radius 1 is 1.12 bits per heavy atom. The van der Waals surface area contributed by atoms with Crippen molar-refractivity contribution in [1.82, 2.24) is 0 Å². The predicted molar refractivity (Wildman–Crippen MR) is 98.6 cm³/mol. The van der Waals surface area contributed by atoms with Crippen molar-refractivity contribution in [2.45, 2.75) is 12.2 Å². The molecule has 0 radical (unpaired) electrons. The number of para-hydroxylation sites is 2. The molecule has 1 atom stereocenters. The maximum absolute atomic E-state index is 12.9. The number of carbonyl (C=O) groups is 2. The molecule has 0 aromatic heterocycles. The summed E-state index contributed by atoms with van der Waals surface area (Å²) in [6.07, 6.45) is 0. The number of halogens is 1. The average Bonchev–Trinajstić information content (AvgIpc) is 2.62. The van der Waals surface area contributed by atoms with E-state index in [1.165, 1.54) is 43.1 Å². The van der Waals surface area contributed by atoms with Crippen LogP contribution in [-0.4, -0.2) is 29.9 Å². The first-order valence-electron chi connectivity index (χ1n) is 7.60. The fraction of sp³-hybridized carbons (Fsp3) is 0.222. The van der Waals surface area contributed by atoms with Gasteiger partial charge in [-0.25, -0.2) is 4.39 Å². The van der Waals surface area contributed by atoms with Crippen LogP contribution in [0.1, 0.15) is 6.92 Å². The molecule has 0 bridgehead atoms. The molecule has 0 saturated carbocycles. The molecule has 132 valence electrons. The first-order chi connectivity index (χ1) is 12.0. The third kappa shape index (κ3) is 5.79. The largest absolute Gasteiger partial charge is 0.495 e. The summed E-state index contributed by atoms with van der Waals surface area (Å²) < 4.78 is 18.0. The van der Waals surface area contributed by atoms with Crippen molar-refractivity contribution in [3.63, 3.8) is 0 Å². The molecule has 0 unspecified atom stereocenters. The molecule has 0 heterocycles. The van der Waals surface area contributed by atoms with E-state index in [4.69, 9.17) is 4.74 Å². The summed E-state index contributed by atoms with van der Waals surface area (Å²) in [7, 11) is 1.53. The highest BCUT2D eigenvalue weighted by atomic mass is 32.2. The van der Waals surface area contributed by atoms with E-state index < -0.39 is 5.25 Å². The van der Waals surface area contributed by atoms with E-state index >= 15 is 0 Å². The first-order valence-corrected chi connectivity index (χ1v) is 8.65. The van der Waals surface area contributed by atoms with E-state index in [2.05, 4.69) is 10.6 Å². The second-order valence-corrected chi connectivity index (χ2v) is 6.53. The number of ether oxygens (including phenoxy) is 1. The fourth-order valence-corrected chi connectivity index (χ4v) is 2.67. The highest BCUT2D eigenvalue weighted by Crippen LogP contribution is 2.23. The van der Waals surface area contributed by atoms with Gasteiger partial charge in [0.25, 0.3) is 0 Å². The Hall–Kier alpha value is -2.54. The van der Waals surface area contributed by atoms with Crippen LogP contribution < -0.4 is 15.4 Å². The lowest BCUT2D eigenvalue weighted by molar-refractivity contribution is -0.115. The summed E-state index contributed by atoms with van der Waals surface area (Å²) >= 11 is 1.21. The first kappa shape index (κ1) is 18.8. The van der Waals surface area contributed by atoms with Crippen molar-refractivity contribution in [2.24, 2.45) is 0 Å². The van der Waals surface area contributed by atoms with Crippen molar-refractivity contribution < 1.29 is 18.7 Å². The van der Waals surface area contributed by atoms with Gasteiger partial charge in [0.05, 0.1) is 23.8 Å². The third-order valence-corrected chi connectivity index (χ3v) is 4.47. The van der Waals surface area contributed by atoms with Crippen LogP contribution in [0.25, 0.3) is 0 Å². The van der Waals surface area contributed by atoms with E-state index in [0.29, 0.717) is 17.1 Å². The SMILES string of the molecule is COc1ccccc1NC(=O)CS[C@H](C)C(=O)Nc1ccc(F)cc1. The van der Waals surface area contributed by atoms with Gasteiger partial charge in [0.15, 0.2) is 0 Å². The van der Waals surface area contributed by atoms with Crippen LogP contribution in [0.5, 0.6) is 5.75 Å². The van der Waals surface area contributed by atoms with E-state index in [-0.39, 0.29) is 23.4 Å². The maximum atomic E-state index is 12.9. The molecule has 0 saturated heterocycles. The van der Waals surface area contributed by atoms with Crippen molar-refractivity contribution in [3.8, 4) is 5.75 Å². The third-order valence-electron chi connectivity index (χ3n) is 3.33. The summed E-state index contributed by atoms with van der Waals surface area (Å²) in [6, 6.07) is 12.6. The second kappa shape index (κ2) is 9.08. The minimum Gasteiger partial charge on any atom is -0.495 e. The number of carbonyl (C=O) groups excluding carboxylic acids is 2. The van der Waals surface area contributed by atoms with E-state index in [1.807, 2.05) is 6.07 Å². The van der Waals surface area contributed by atoms with Crippen LogP contribution in [0.3, 0.4) is 0 Å². The monoisotopic (exact) mass is 362 g/mol. The van der Waals surface area contributed by atoms with E-state index in [1.54, 1.807) is 25.1 Å². The number of anilines is 2. The lowest BCUT2D eigenvalue weighted by Crippen LogP contribution is -2.25. The minimum absolute atomic E-state index is 0.121. The standard InChI is InChI=1S/C18H19FN2O3S/c1-12(18(23)20-14-9-7-13(19)8-10-14)25-11-17(22)21-15-5-3-4-6-16(15)24-2/h3-10,12H,11H2,1-2H3,(H,20,23)(H,21,22)/t12-/m1/s1. The van der Waals surface area contributed by atoms with Crippen molar-refractivity contribution in [1.29, 1.82) is 0 Å². The highest BCUT2D eigenvalue weighted by molar-refractivity contribution is 8.01. The number of methoxy groups -OCH3 is 1. The summed E-state index contributed by atoms with van der Waals surface area (Å²) in [5.74, 6) is -0.148. The summed E-state index contributed by atoms with van der Waals surface area (Å²) in [6.45, 7) is 1.71. The Bertz CT molecular complexity index is 737. The number of benzene rings is 2. The van der Waals surface area contributed by atoms with Gasteiger partial charge in [-0.05, 0) is 43.3 Å². The zero-order chi connectivity index (χ0) is 18.2. The molecule has 2 aromatic carbocycles. The molecule has 2 aromatic rings. The van der Waals surface area contributed by atoms with Crippen molar-refractivity contribution in [3.05, 3.63) is 54.3 Å². The lowest BCUT2D eigenvalue weighted by Gasteiger charge is -2.13. The Kier molecular flexibility index (Phi) is 6.82. The number of thioether (sulfide) groups is 1. The van der Waals surface area contributed by atoms with Gasteiger partial charge in [-0.15, -0.1) is 11.8 Å². The predicted octanol–water partition coefficient (Wildman–Crippen LogP) is 3.53. The average molecular weight is 362 g/mol. The van der Waals surface area contributed by atoms with Gasteiger partial charge in [0, 0.05) is 5.69 Å². The van der Waals surface area contributed by atoms with Gasteiger partial charge in [0.1, 0.15) is 11.6 Å². The number of hydrogen-bond donors (Lipinski definition) is 2. The number of rotatable bonds is 7. The van der Waals surface area contributed by atoms with Crippen LogP contribution >= 0.6 is 11.8 Å². The molecule has 25 heavy (non-hydrogen) atoms. The molecule has 0 aliphatic rings. The molecular weight excluding hydrogens is 343 g/mol. The molecule has 0 aliphatic carbocycles. The molecule has 7 heteroatoms. The Morgan fingerprint density at radius 3 is 2.48 bits per heavy atom. The second-order valence-electron chi connectivity index (χ2n) is 5.20. The van der Waals surface area contributed by atoms with Gasteiger partial charge < -0.3 is 15.4 Å². The van der Waals surface area contributed by atoms with Crippen molar-refractivity contribution in [2.75, 3.05) is 23.5 Å². The minimum atomic E-state index is -0.437. The van der Waals surface area contributed by atoms with Gasteiger partial charge in [-0.2, -0.15) is 0 Å². The molecule has 5 nitrogen and oxygen atoms in total. The number of nitrogens with one attached hydrogen (secondary N) is 2. The molecule has 2 N–H and O–H groups in total.